The Morgan fingerprint density at radius 3 is 1.87 bits per heavy atom. The van der Waals surface area contributed by atoms with Crippen LogP contribution in [-0.4, -0.2) is 20.0 Å². The molecule has 0 fully saturated rings. The molecular formula is C25H22ClNO3. The van der Waals surface area contributed by atoms with Crippen molar-refractivity contribution < 1.29 is 14.3 Å². The Labute approximate surface area is 181 Å². The number of nitrogens with zero attached hydrogens (tertiary/aromatic N) is 1. The molecule has 0 amide bonds. The van der Waals surface area contributed by atoms with E-state index in [-0.39, 0.29) is 18.1 Å². The van der Waals surface area contributed by atoms with Crippen LogP contribution in [0.25, 0.3) is 0 Å². The van der Waals surface area contributed by atoms with Gasteiger partial charge in [-0.05, 0) is 59.7 Å². The van der Waals surface area contributed by atoms with E-state index in [2.05, 4.69) is 6.07 Å². The number of hydrogen-bond donors (Lipinski definition) is 0. The molecule has 0 radical (unpaired) electrons. The van der Waals surface area contributed by atoms with E-state index in [9.17, 15) is 10.1 Å². The maximum atomic E-state index is 13.1. The van der Waals surface area contributed by atoms with E-state index in [0.29, 0.717) is 16.3 Å². The molecule has 0 saturated carbocycles. The fourth-order valence-electron chi connectivity index (χ4n) is 3.44. The van der Waals surface area contributed by atoms with Gasteiger partial charge in [0, 0.05) is 22.9 Å². The summed E-state index contributed by atoms with van der Waals surface area (Å²) in [6.45, 7) is 0. The van der Waals surface area contributed by atoms with Gasteiger partial charge in [-0.2, -0.15) is 5.26 Å². The molecule has 0 N–H and O–H groups in total. The normalized spacial score (nSPS) is 12.5. The second-order valence-corrected chi connectivity index (χ2v) is 7.33. The first-order valence-electron chi connectivity index (χ1n) is 9.52. The fourth-order valence-corrected chi connectivity index (χ4v) is 3.57. The van der Waals surface area contributed by atoms with Gasteiger partial charge in [0.05, 0.1) is 26.2 Å². The maximum absolute atomic E-state index is 13.1. The van der Waals surface area contributed by atoms with Crippen LogP contribution >= 0.6 is 11.6 Å². The predicted molar refractivity (Wildman–Crippen MR) is 117 cm³/mol. The Morgan fingerprint density at radius 2 is 1.37 bits per heavy atom. The Hall–Kier alpha value is -3.29. The van der Waals surface area contributed by atoms with Gasteiger partial charge in [-0.15, -0.1) is 0 Å². The second kappa shape index (κ2) is 9.96. The molecule has 0 aliphatic heterocycles. The number of rotatable bonds is 8. The van der Waals surface area contributed by atoms with Gasteiger partial charge in [-0.1, -0.05) is 35.9 Å². The van der Waals surface area contributed by atoms with Crippen LogP contribution in [0.3, 0.4) is 0 Å². The van der Waals surface area contributed by atoms with Crippen molar-refractivity contribution in [2.24, 2.45) is 0 Å². The summed E-state index contributed by atoms with van der Waals surface area (Å²) in [6.07, 6.45) is 0.194. The molecule has 0 bridgehead atoms. The van der Waals surface area contributed by atoms with Gasteiger partial charge < -0.3 is 9.47 Å². The molecule has 30 heavy (non-hydrogen) atoms. The van der Waals surface area contributed by atoms with Crippen LogP contribution in [0.15, 0.2) is 72.8 Å². The zero-order valence-corrected chi connectivity index (χ0v) is 17.6. The maximum Gasteiger partial charge on any atom is 0.163 e. The molecule has 3 aromatic carbocycles. The van der Waals surface area contributed by atoms with Crippen LogP contribution in [0.2, 0.25) is 5.02 Å². The van der Waals surface area contributed by atoms with Crippen molar-refractivity contribution in [2.75, 3.05) is 14.2 Å². The van der Waals surface area contributed by atoms with Crippen LogP contribution in [-0.2, 0) is 0 Å². The van der Waals surface area contributed by atoms with E-state index in [0.717, 1.165) is 16.9 Å². The van der Waals surface area contributed by atoms with Crippen molar-refractivity contribution in [3.8, 4) is 17.6 Å². The molecule has 0 saturated heterocycles. The van der Waals surface area contributed by atoms with Gasteiger partial charge in [0.2, 0.25) is 0 Å². The molecule has 0 aliphatic rings. The monoisotopic (exact) mass is 419 g/mol. The van der Waals surface area contributed by atoms with Crippen LogP contribution < -0.4 is 9.47 Å². The van der Waals surface area contributed by atoms with E-state index < -0.39 is 5.92 Å². The third-order valence-electron chi connectivity index (χ3n) is 5.13. The van der Waals surface area contributed by atoms with Gasteiger partial charge in [0.15, 0.2) is 5.78 Å². The Bertz CT molecular complexity index is 1020. The summed E-state index contributed by atoms with van der Waals surface area (Å²) >= 11 is 6.02. The molecule has 2 unspecified atom stereocenters. The van der Waals surface area contributed by atoms with Gasteiger partial charge in [0.25, 0.3) is 0 Å². The summed E-state index contributed by atoms with van der Waals surface area (Å²) in [4.78, 5) is 13.1. The average Bonchev–Trinajstić information content (AvgIpc) is 2.80. The molecule has 5 heteroatoms. The number of methoxy groups -OCH3 is 2. The third-order valence-corrected chi connectivity index (χ3v) is 5.38. The minimum absolute atomic E-state index is 0.0346. The highest BCUT2D eigenvalue weighted by Crippen LogP contribution is 2.37. The summed E-state index contributed by atoms with van der Waals surface area (Å²) in [6, 6.07) is 24.1. The summed E-state index contributed by atoms with van der Waals surface area (Å²) in [5, 5.41) is 10.6. The zero-order chi connectivity index (χ0) is 21.5. The molecule has 3 aromatic rings. The zero-order valence-electron chi connectivity index (χ0n) is 16.8. The molecule has 0 heterocycles. The van der Waals surface area contributed by atoms with E-state index >= 15 is 0 Å². The summed E-state index contributed by atoms with van der Waals surface area (Å²) in [5.74, 6) is 0.551. The smallest absolute Gasteiger partial charge is 0.163 e. The lowest BCUT2D eigenvalue weighted by molar-refractivity contribution is 0.0971. The lowest BCUT2D eigenvalue weighted by Crippen LogP contribution is -2.15. The van der Waals surface area contributed by atoms with Crippen molar-refractivity contribution >= 4 is 17.4 Å². The molecule has 0 aliphatic carbocycles. The minimum atomic E-state index is -0.502. The van der Waals surface area contributed by atoms with E-state index in [1.165, 1.54) is 0 Å². The van der Waals surface area contributed by atoms with Crippen LogP contribution in [0, 0.1) is 11.3 Å². The number of halogens is 1. The van der Waals surface area contributed by atoms with Crippen molar-refractivity contribution in [3.63, 3.8) is 0 Å². The number of carbonyl (C=O) groups excluding carboxylic acids is 1. The SMILES string of the molecule is COc1ccc(C(=O)CC(c2ccc(OC)cc2)C(C#N)c2ccc(Cl)cc2)cc1. The van der Waals surface area contributed by atoms with Crippen LogP contribution in [0.4, 0.5) is 0 Å². The standard InChI is InChI=1S/C25H22ClNO3/c1-29-21-11-5-17(6-12-21)23(24(16-27)18-3-9-20(26)10-4-18)15-25(28)19-7-13-22(30-2)14-8-19/h3-14,23-24H,15H2,1-2H3. The first kappa shape index (κ1) is 21.4. The molecule has 4 nitrogen and oxygen atoms in total. The number of benzene rings is 3. The van der Waals surface area contributed by atoms with Crippen molar-refractivity contribution in [1.29, 1.82) is 5.26 Å². The van der Waals surface area contributed by atoms with Crippen LogP contribution in [0.5, 0.6) is 11.5 Å². The Kier molecular flexibility index (Phi) is 7.11. The van der Waals surface area contributed by atoms with Crippen molar-refractivity contribution in [2.45, 2.75) is 18.3 Å². The highest BCUT2D eigenvalue weighted by atomic mass is 35.5. The number of Topliss-reactive ketones (excluding diaryl/α,β-unsaturated/α-hetero) is 1. The summed E-state index contributed by atoms with van der Waals surface area (Å²) < 4.78 is 10.4. The van der Waals surface area contributed by atoms with Gasteiger partial charge in [0.1, 0.15) is 11.5 Å². The molecule has 152 valence electrons. The number of carbonyl (C=O) groups is 1. The van der Waals surface area contributed by atoms with E-state index in [1.54, 1.807) is 50.6 Å². The first-order valence-corrected chi connectivity index (χ1v) is 9.89. The van der Waals surface area contributed by atoms with Gasteiger partial charge in [-0.25, -0.2) is 0 Å². The van der Waals surface area contributed by atoms with Crippen LogP contribution in [0.1, 0.15) is 39.7 Å². The minimum Gasteiger partial charge on any atom is -0.497 e. The number of nitriles is 1. The summed E-state index contributed by atoms with van der Waals surface area (Å²) in [7, 11) is 3.19. The third kappa shape index (κ3) is 5.00. The van der Waals surface area contributed by atoms with E-state index in [4.69, 9.17) is 21.1 Å². The molecule has 2 atom stereocenters. The molecule has 0 spiro atoms. The average molecular weight is 420 g/mol. The Morgan fingerprint density at radius 1 is 0.867 bits per heavy atom. The lowest BCUT2D eigenvalue weighted by Gasteiger charge is -2.23. The number of ketones is 1. The van der Waals surface area contributed by atoms with Crippen molar-refractivity contribution in [1.82, 2.24) is 0 Å². The molecule has 3 rings (SSSR count). The predicted octanol–water partition coefficient (Wildman–Crippen LogP) is 6.02. The summed E-state index contributed by atoms with van der Waals surface area (Å²) in [5.41, 5.74) is 2.31. The highest BCUT2D eigenvalue weighted by Gasteiger charge is 2.28. The number of hydrogen-bond acceptors (Lipinski definition) is 4. The molecule has 0 aromatic heterocycles. The fraction of sp³-hybridized carbons (Fsp3) is 0.200. The van der Waals surface area contributed by atoms with Crippen molar-refractivity contribution in [3.05, 3.63) is 94.5 Å². The second-order valence-electron chi connectivity index (χ2n) is 6.89. The van der Waals surface area contributed by atoms with E-state index in [1.807, 2.05) is 36.4 Å². The quantitative estimate of drug-likeness (QED) is 0.419. The first-order chi connectivity index (χ1) is 14.5. The molecular weight excluding hydrogens is 398 g/mol. The highest BCUT2D eigenvalue weighted by molar-refractivity contribution is 6.30. The largest absolute Gasteiger partial charge is 0.497 e. The lowest BCUT2D eigenvalue weighted by atomic mass is 9.78. The number of ether oxygens (including phenoxy) is 2. The Balaban J connectivity index is 1.96. The van der Waals surface area contributed by atoms with Gasteiger partial charge >= 0.3 is 0 Å². The topological polar surface area (TPSA) is 59.3 Å². The van der Waals surface area contributed by atoms with Gasteiger partial charge in [-0.3, -0.25) is 4.79 Å².